The van der Waals surface area contributed by atoms with Crippen LogP contribution in [0, 0.1) is 5.92 Å². The molecule has 1 aromatic rings. The maximum atomic E-state index is 10.0. The van der Waals surface area contributed by atoms with E-state index in [0.29, 0.717) is 5.92 Å². The van der Waals surface area contributed by atoms with Gasteiger partial charge in [-0.2, -0.15) is 0 Å². The van der Waals surface area contributed by atoms with Crippen LogP contribution in [-0.2, 0) is 0 Å². The maximum absolute atomic E-state index is 10.0. The number of benzene rings is 1. The van der Waals surface area contributed by atoms with Crippen LogP contribution in [-0.4, -0.2) is 5.11 Å². The zero-order valence-electron chi connectivity index (χ0n) is 7.71. The summed E-state index contributed by atoms with van der Waals surface area (Å²) in [4.78, 5) is 0. The van der Waals surface area contributed by atoms with Gasteiger partial charge in [0.25, 0.3) is 0 Å². The van der Waals surface area contributed by atoms with Crippen LogP contribution in [0.3, 0.4) is 0 Å². The van der Waals surface area contributed by atoms with Crippen molar-refractivity contribution in [2.45, 2.75) is 25.4 Å². The second kappa shape index (κ2) is 4.33. The lowest BCUT2D eigenvalue weighted by Crippen LogP contribution is -2.19. The zero-order valence-corrected chi connectivity index (χ0v) is 10.9. The van der Waals surface area contributed by atoms with Crippen LogP contribution in [0.1, 0.15) is 30.9 Å². The summed E-state index contributed by atoms with van der Waals surface area (Å²) in [6, 6.07) is 5.95. The van der Waals surface area contributed by atoms with Gasteiger partial charge in [-0.1, -0.05) is 12.5 Å². The Hall–Kier alpha value is 0.140. The smallest absolute Gasteiger partial charge is 0.0818 e. The molecule has 0 spiro atoms. The Morgan fingerprint density at radius 1 is 1.21 bits per heavy atom. The molecule has 2 rings (SSSR count). The molecule has 1 N–H and O–H groups in total. The summed E-state index contributed by atoms with van der Waals surface area (Å²) < 4.78 is 2.04. The second-order valence-electron chi connectivity index (χ2n) is 3.81. The van der Waals surface area contributed by atoms with Crippen molar-refractivity contribution in [3.8, 4) is 0 Å². The van der Waals surface area contributed by atoms with Crippen molar-refractivity contribution in [2.24, 2.45) is 5.92 Å². The zero-order chi connectivity index (χ0) is 10.1. The highest BCUT2D eigenvalue weighted by atomic mass is 79.9. The molecule has 76 valence electrons. The first-order valence-corrected chi connectivity index (χ1v) is 6.40. The van der Waals surface area contributed by atoms with E-state index in [0.717, 1.165) is 27.4 Å². The van der Waals surface area contributed by atoms with Crippen LogP contribution >= 0.6 is 31.9 Å². The van der Waals surface area contributed by atoms with Crippen molar-refractivity contribution < 1.29 is 5.11 Å². The summed E-state index contributed by atoms with van der Waals surface area (Å²) in [5.41, 5.74) is 1.02. The first-order valence-electron chi connectivity index (χ1n) is 4.81. The molecule has 3 heteroatoms. The van der Waals surface area contributed by atoms with Crippen LogP contribution in [0.15, 0.2) is 27.1 Å². The lowest BCUT2D eigenvalue weighted by atomic mass is 9.79. The fraction of sp³-hybridized carbons (Fsp3) is 0.455. The highest BCUT2D eigenvalue weighted by Crippen LogP contribution is 2.38. The van der Waals surface area contributed by atoms with Gasteiger partial charge in [0.05, 0.1) is 6.10 Å². The Morgan fingerprint density at radius 2 is 1.93 bits per heavy atom. The van der Waals surface area contributed by atoms with E-state index in [-0.39, 0.29) is 6.10 Å². The predicted molar refractivity (Wildman–Crippen MR) is 64.1 cm³/mol. The van der Waals surface area contributed by atoms with Gasteiger partial charge in [-0.05, 0) is 68.3 Å². The van der Waals surface area contributed by atoms with Crippen molar-refractivity contribution in [3.05, 3.63) is 32.7 Å². The Bertz CT molecular complexity index is 334. The lowest BCUT2D eigenvalue weighted by Gasteiger charge is -2.30. The first kappa shape index (κ1) is 10.7. The van der Waals surface area contributed by atoms with E-state index in [9.17, 15) is 5.11 Å². The van der Waals surface area contributed by atoms with Crippen LogP contribution in [0.4, 0.5) is 0 Å². The molecule has 0 bridgehead atoms. The second-order valence-corrected chi connectivity index (χ2v) is 5.52. The topological polar surface area (TPSA) is 20.2 Å². The third-order valence-corrected chi connectivity index (χ3v) is 4.76. The van der Waals surface area contributed by atoms with Gasteiger partial charge in [0.15, 0.2) is 0 Å². The van der Waals surface area contributed by atoms with Crippen molar-refractivity contribution >= 4 is 31.9 Å². The van der Waals surface area contributed by atoms with Gasteiger partial charge in [-0.15, -0.1) is 0 Å². The Morgan fingerprint density at radius 3 is 2.43 bits per heavy atom. The van der Waals surface area contributed by atoms with Gasteiger partial charge >= 0.3 is 0 Å². The van der Waals surface area contributed by atoms with Crippen molar-refractivity contribution in [1.82, 2.24) is 0 Å². The SMILES string of the molecule is OC(c1ccc(Br)c(Br)c1)C1CCC1. The molecule has 1 saturated carbocycles. The molecule has 14 heavy (non-hydrogen) atoms. The van der Waals surface area contributed by atoms with Crippen LogP contribution in [0.5, 0.6) is 0 Å². The summed E-state index contributed by atoms with van der Waals surface area (Å²) in [5, 5.41) is 10.0. The molecule has 1 nitrogen and oxygen atoms in total. The van der Waals surface area contributed by atoms with Crippen LogP contribution in [0.2, 0.25) is 0 Å². The summed E-state index contributed by atoms with van der Waals surface area (Å²) in [6.45, 7) is 0. The highest BCUT2D eigenvalue weighted by molar-refractivity contribution is 9.13. The molecule has 0 saturated heterocycles. The molecule has 1 fully saturated rings. The van der Waals surface area contributed by atoms with E-state index in [1.54, 1.807) is 0 Å². The standard InChI is InChI=1S/C11H12Br2O/c12-9-5-4-8(6-10(9)13)11(14)7-2-1-3-7/h4-7,11,14H,1-3H2. The van der Waals surface area contributed by atoms with E-state index in [4.69, 9.17) is 0 Å². The minimum Gasteiger partial charge on any atom is -0.388 e. The van der Waals surface area contributed by atoms with Gasteiger partial charge < -0.3 is 5.11 Å². The molecule has 1 aliphatic rings. The Kier molecular flexibility index (Phi) is 3.30. The highest BCUT2D eigenvalue weighted by Gasteiger charge is 2.26. The fourth-order valence-electron chi connectivity index (χ4n) is 1.72. The normalized spacial score (nSPS) is 19.1. The number of halogens is 2. The lowest BCUT2D eigenvalue weighted by molar-refractivity contribution is 0.0620. The molecule has 0 aromatic heterocycles. The number of hydrogen-bond donors (Lipinski definition) is 1. The quantitative estimate of drug-likeness (QED) is 0.872. The van der Waals surface area contributed by atoms with Gasteiger partial charge in [0, 0.05) is 8.95 Å². The van der Waals surface area contributed by atoms with Crippen LogP contribution < -0.4 is 0 Å². The largest absolute Gasteiger partial charge is 0.388 e. The van der Waals surface area contributed by atoms with E-state index >= 15 is 0 Å². The van der Waals surface area contributed by atoms with Gasteiger partial charge in [-0.3, -0.25) is 0 Å². The van der Waals surface area contributed by atoms with Crippen molar-refractivity contribution in [1.29, 1.82) is 0 Å². The van der Waals surface area contributed by atoms with Crippen LogP contribution in [0.25, 0.3) is 0 Å². The third kappa shape index (κ3) is 2.05. The number of rotatable bonds is 2. The van der Waals surface area contributed by atoms with E-state index in [2.05, 4.69) is 31.9 Å². The molecular weight excluding hydrogens is 308 g/mol. The van der Waals surface area contributed by atoms with Gasteiger partial charge in [0.2, 0.25) is 0 Å². The Balaban J connectivity index is 2.18. The van der Waals surface area contributed by atoms with Gasteiger partial charge in [0.1, 0.15) is 0 Å². The van der Waals surface area contributed by atoms with Crippen molar-refractivity contribution in [3.63, 3.8) is 0 Å². The summed E-state index contributed by atoms with van der Waals surface area (Å²) >= 11 is 6.86. The minimum absolute atomic E-state index is 0.284. The summed E-state index contributed by atoms with van der Waals surface area (Å²) in [6.07, 6.45) is 3.30. The van der Waals surface area contributed by atoms with Gasteiger partial charge in [-0.25, -0.2) is 0 Å². The molecule has 0 amide bonds. The molecule has 1 aliphatic carbocycles. The Labute approximate surface area is 101 Å². The number of hydrogen-bond acceptors (Lipinski definition) is 1. The molecule has 1 atom stereocenters. The van der Waals surface area contributed by atoms with E-state index in [1.807, 2.05) is 18.2 Å². The fourth-order valence-corrected chi connectivity index (χ4v) is 2.37. The molecular formula is C11H12Br2O. The maximum Gasteiger partial charge on any atom is 0.0818 e. The molecule has 1 unspecified atom stereocenters. The van der Waals surface area contributed by atoms with E-state index in [1.165, 1.54) is 6.42 Å². The molecule has 0 heterocycles. The average molecular weight is 320 g/mol. The molecule has 1 aromatic carbocycles. The first-order chi connectivity index (χ1) is 6.68. The summed E-state index contributed by atoms with van der Waals surface area (Å²) in [5.74, 6) is 0.475. The monoisotopic (exact) mass is 318 g/mol. The molecule has 0 radical (unpaired) electrons. The number of aliphatic hydroxyl groups is 1. The van der Waals surface area contributed by atoms with Crippen molar-refractivity contribution in [2.75, 3.05) is 0 Å². The summed E-state index contributed by atoms with van der Waals surface area (Å²) in [7, 11) is 0. The minimum atomic E-state index is -0.284. The average Bonchev–Trinajstić information content (AvgIpc) is 2.06. The molecule has 0 aliphatic heterocycles. The predicted octanol–water partition coefficient (Wildman–Crippen LogP) is 4.05. The number of aliphatic hydroxyl groups excluding tert-OH is 1. The van der Waals surface area contributed by atoms with E-state index < -0.39 is 0 Å². The third-order valence-electron chi connectivity index (χ3n) is 2.88.